The first-order valence-corrected chi connectivity index (χ1v) is 11.4. The highest BCUT2D eigenvalue weighted by molar-refractivity contribution is 5.93. The molecule has 0 spiro atoms. The number of carbonyl (C=O) groups is 4. The van der Waals surface area contributed by atoms with Gasteiger partial charge in [-0.3, -0.25) is 19.6 Å². The minimum absolute atomic E-state index is 0.0144. The van der Waals surface area contributed by atoms with Gasteiger partial charge in [0.25, 0.3) is 5.91 Å². The fourth-order valence-electron chi connectivity index (χ4n) is 3.39. The molecule has 190 valence electrons. The van der Waals surface area contributed by atoms with Crippen LogP contribution in [0.4, 0.5) is 0 Å². The van der Waals surface area contributed by atoms with E-state index in [0.717, 1.165) is 19.3 Å². The molecule has 2 aromatic rings. The number of hydrogen-bond acceptors (Lipinski definition) is 7. The van der Waals surface area contributed by atoms with Crippen LogP contribution in [0, 0.1) is 5.92 Å². The van der Waals surface area contributed by atoms with Crippen molar-refractivity contribution in [1.29, 1.82) is 0 Å². The molecule has 0 fully saturated rings. The quantitative estimate of drug-likeness (QED) is 0.0977. The van der Waals surface area contributed by atoms with Gasteiger partial charge in [0.15, 0.2) is 5.76 Å². The number of rotatable bonds is 15. The Morgan fingerprint density at radius 3 is 2.57 bits per heavy atom. The molecule has 11 nitrogen and oxygen atoms in total. The van der Waals surface area contributed by atoms with Crippen molar-refractivity contribution >= 4 is 24.2 Å². The first kappa shape index (κ1) is 27.4. The summed E-state index contributed by atoms with van der Waals surface area (Å²) in [6, 6.07) is 7.38. The molecule has 11 heteroatoms. The monoisotopic (exact) mass is 489 g/mol. The molecule has 0 saturated heterocycles. The van der Waals surface area contributed by atoms with Crippen LogP contribution in [0.2, 0.25) is 0 Å². The number of unbranched alkanes of at least 4 members (excludes halogenated alkanes) is 2. The molecule has 1 aromatic heterocycles. The Morgan fingerprint density at radius 1 is 1.14 bits per heavy atom. The van der Waals surface area contributed by atoms with Crippen LogP contribution in [-0.2, 0) is 9.59 Å². The Labute approximate surface area is 203 Å². The van der Waals surface area contributed by atoms with Gasteiger partial charge in [0, 0.05) is 5.56 Å². The van der Waals surface area contributed by atoms with Crippen LogP contribution in [0.25, 0.3) is 11.3 Å². The van der Waals surface area contributed by atoms with E-state index in [1.165, 1.54) is 24.3 Å². The summed E-state index contributed by atoms with van der Waals surface area (Å²) in [6.07, 6.45) is 3.35. The van der Waals surface area contributed by atoms with Crippen molar-refractivity contribution in [2.75, 3.05) is 19.8 Å². The fraction of sp³-hybridized carbons (Fsp3) is 0.417. The van der Waals surface area contributed by atoms with Gasteiger partial charge >= 0.3 is 5.97 Å². The van der Waals surface area contributed by atoms with Crippen LogP contribution in [0.1, 0.15) is 60.4 Å². The molecule has 1 atom stereocenters. The Morgan fingerprint density at radius 2 is 1.91 bits per heavy atom. The van der Waals surface area contributed by atoms with Crippen molar-refractivity contribution in [1.82, 2.24) is 15.7 Å². The van der Waals surface area contributed by atoms with E-state index in [-0.39, 0.29) is 36.7 Å². The van der Waals surface area contributed by atoms with Gasteiger partial charge in [0.1, 0.15) is 11.5 Å². The highest BCUT2D eigenvalue weighted by atomic mass is 16.5. The number of carboxylic acid groups (broad SMARTS) is 1. The molecule has 0 aliphatic heterocycles. The van der Waals surface area contributed by atoms with Crippen molar-refractivity contribution < 1.29 is 38.6 Å². The zero-order chi connectivity index (χ0) is 25.8. The second-order valence-electron chi connectivity index (χ2n) is 7.79. The van der Waals surface area contributed by atoms with Gasteiger partial charge < -0.3 is 24.9 Å². The first-order valence-electron chi connectivity index (χ1n) is 11.4. The smallest absolute Gasteiger partial charge is 0.335 e. The van der Waals surface area contributed by atoms with Crippen molar-refractivity contribution in [2.24, 2.45) is 5.92 Å². The summed E-state index contributed by atoms with van der Waals surface area (Å²) < 4.78 is 11.0. The van der Waals surface area contributed by atoms with Crippen molar-refractivity contribution in [3.05, 3.63) is 41.7 Å². The van der Waals surface area contributed by atoms with Crippen LogP contribution >= 0.6 is 0 Å². The lowest BCUT2D eigenvalue weighted by molar-refractivity contribution is -0.154. The molecular weight excluding hydrogens is 458 g/mol. The molecular formula is C24H31N3O8. The number of ether oxygens (including phenoxy) is 1. The summed E-state index contributed by atoms with van der Waals surface area (Å²) in [4.78, 5) is 47.0. The van der Waals surface area contributed by atoms with Gasteiger partial charge in [0.05, 0.1) is 31.3 Å². The van der Waals surface area contributed by atoms with Gasteiger partial charge in [-0.15, -0.1) is 0 Å². The maximum atomic E-state index is 12.5. The number of carboxylic acids is 1. The van der Waals surface area contributed by atoms with Crippen LogP contribution in [0.15, 0.2) is 34.7 Å². The molecule has 1 aromatic carbocycles. The molecule has 3 amide bonds. The van der Waals surface area contributed by atoms with Gasteiger partial charge in [-0.2, -0.15) is 0 Å². The number of carbonyl (C=O) groups excluding carboxylic acids is 3. The Hall–Kier alpha value is -3.86. The second-order valence-corrected chi connectivity index (χ2v) is 7.79. The molecule has 35 heavy (non-hydrogen) atoms. The first-order chi connectivity index (χ1) is 16.8. The zero-order valence-corrected chi connectivity index (χ0v) is 19.8. The Balaban J connectivity index is 2.00. The lowest BCUT2D eigenvalue weighted by Gasteiger charge is -2.19. The van der Waals surface area contributed by atoms with E-state index in [1.54, 1.807) is 13.0 Å². The molecule has 0 radical (unpaired) electrons. The maximum absolute atomic E-state index is 12.5. The number of amides is 3. The van der Waals surface area contributed by atoms with E-state index in [2.05, 4.69) is 10.6 Å². The molecule has 0 aliphatic rings. The molecule has 0 saturated carbocycles. The van der Waals surface area contributed by atoms with E-state index < -0.39 is 23.7 Å². The summed E-state index contributed by atoms with van der Waals surface area (Å²) >= 11 is 0. The van der Waals surface area contributed by atoms with Gasteiger partial charge in [-0.05, 0) is 43.7 Å². The third kappa shape index (κ3) is 8.45. The average molecular weight is 490 g/mol. The fourth-order valence-corrected chi connectivity index (χ4v) is 3.39. The summed E-state index contributed by atoms with van der Waals surface area (Å²) in [6.45, 7) is 3.82. The van der Waals surface area contributed by atoms with Crippen molar-refractivity contribution in [3.8, 4) is 17.1 Å². The summed E-state index contributed by atoms with van der Waals surface area (Å²) in [5, 5.41) is 24.3. The SMILES string of the molecule is CCCCC[C@H](CN(O)C=O)C(=O)NCNC(=O)c1ccc(-c2cc(OCC)cc(C(=O)O)c2)o1. The third-order valence-corrected chi connectivity index (χ3v) is 5.15. The third-order valence-electron chi connectivity index (χ3n) is 5.15. The van der Waals surface area contributed by atoms with Crippen molar-refractivity contribution in [2.45, 2.75) is 39.5 Å². The summed E-state index contributed by atoms with van der Waals surface area (Å²) in [7, 11) is 0. The standard InChI is InChI=1S/C24H31N3O8/c1-3-5-6-7-16(13-27(33)15-28)22(29)25-14-26-23(30)21-9-8-20(35-21)17-10-18(24(31)32)12-19(11-17)34-4-2/h8-12,15-16,33H,3-7,13-14H2,1-2H3,(H,25,29)(H,26,30)(H,31,32)/t16-/m1/s1. The molecule has 4 N–H and O–H groups in total. The Kier molecular flexibility index (Phi) is 10.8. The topological polar surface area (TPSA) is 158 Å². The van der Waals surface area contributed by atoms with Crippen LogP contribution in [0.5, 0.6) is 5.75 Å². The Bertz CT molecular complexity index is 1020. The van der Waals surface area contributed by atoms with Gasteiger partial charge in [0.2, 0.25) is 12.3 Å². The van der Waals surface area contributed by atoms with Gasteiger partial charge in [-0.25, -0.2) is 9.86 Å². The highest BCUT2D eigenvalue weighted by Crippen LogP contribution is 2.28. The lowest BCUT2D eigenvalue weighted by atomic mass is 10.0. The molecule has 1 heterocycles. The number of aromatic carboxylic acids is 1. The minimum Gasteiger partial charge on any atom is -0.494 e. The van der Waals surface area contributed by atoms with E-state index >= 15 is 0 Å². The second kappa shape index (κ2) is 13.8. The molecule has 0 unspecified atom stereocenters. The molecule has 0 bridgehead atoms. The van der Waals surface area contributed by atoms with E-state index in [9.17, 15) is 29.5 Å². The van der Waals surface area contributed by atoms with Crippen LogP contribution < -0.4 is 15.4 Å². The normalized spacial score (nSPS) is 11.4. The highest BCUT2D eigenvalue weighted by Gasteiger charge is 2.21. The number of hydrogen-bond donors (Lipinski definition) is 4. The summed E-state index contributed by atoms with van der Waals surface area (Å²) in [5.41, 5.74) is 0.444. The number of nitrogens with one attached hydrogen (secondary N) is 2. The lowest BCUT2D eigenvalue weighted by Crippen LogP contribution is -2.42. The van der Waals surface area contributed by atoms with Crippen LogP contribution in [0.3, 0.4) is 0 Å². The van der Waals surface area contributed by atoms with Crippen molar-refractivity contribution in [3.63, 3.8) is 0 Å². The largest absolute Gasteiger partial charge is 0.494 e. The van der Waals surface area contributed by atoms with E-state index in [1.807, 2.05) is 6.92 Å². The number of furan rings is 1. The van der Waals surface area contributed by atoms with E-state index in [4.69, 9.17) is 9.15 Å². The number of nitrogens with zero attached hydrogens (tertiary/aromatic N) is 1. The maximum Gasteiger partial charge on any atom is 0.335 e. The van der Waals surface area contributed by atoms with Gasteiger partial charge in [-0.1, -0.05) is 26.2 Å². The minimum atomic E-state index is -1.13. The predicted octanol–water partition coefficient (Wildman–Crippen LogP) is 2.89. The number of benzene rings is 1. The predicted molar refractivity (Wildman–Crippen MR) is 125 cm³/mol. The molecule has 2 rings (SSSR count). The van der Waals surface area contributed by atoms with Crippen LogP contribution in [-0.4, -0.2) is 59.4 Å². The molecule has 0 aliphatic carbocycles. The summed E-state index contributed by atoms with van der Waals surface area (Å²) in [5.74, 6) is -2.14. The number of hydroxylamine groups is 2. The average Bonchev–Trinajstić information content (AvgIpc) is 3.34. The van der Waals surface area contributed by atoms with E-state index in [0.29, 0.717) is 29.4 Å². The zero-order valence-electron chi connectivity index (χ0n) is 19.8.